The van der Waals surface area contributed by atoms with E-state index in [0.29, 0.717) is 23.1 Å². The zero-order valence-electron chi connectivity index (χ0n) is 21.7. The van der Waals surface area contributed by atoms with Crippen molar-refractivity contribution in [3.05, 3.63) is 112 Å². The third-order valence-electron chi connectivity index (χ3n) is 5.21. The minimum Gasteiger partial charge on any atom is -0.464 e. The van der Waals surface area contributed by atoms with Crippen LogP contribution in [0.25, 0.3) is 0 Å². The highest BCUT2D eigenvalue weighted by molar-refractivity contribution is 6.02. The molecule has 0 aliphatic heterocycles. The average molecular weight is 499 g/mol. The number of rotatable bonds is 9. The molecule has 37 heavy (non-hydrogen) atoms. The van der Waals surface area contributed by atoms with E-state index in [1.807, 2.05) is 33.8 Å². The first-order valence-corrected chi connectivity index (χ1v) is 11.9. The fourth-order valence-corrected chi connectivity index (χ4v) is 3.43. The van der Waals surface area contributed by atoms with Gasteiger partial charge in [-0.25, -0.2) is 9.59 Å². The highest BCUT2D eigenvalue weighted by Crippen LogP contribution is 2.41. The van der Waals surface area contributed by atoms with Crippen LogP contribution in [0.5, 0.6) is 17.2 Å². The second kappa shape index (κ2) is 12.5. The number of carbonyl (C=O) groups is 3. The van der Waals surface area contributed by atoms with E-state index >= 15 is 0 Å². The lowest BCUT2D eigenvalue weighted by molar-refractivity contribution is 0.0730. The van der Waals surface area contributed by atoms with E-state index in [1.165, 1.54) is 19.3 Å². The van der Waals surface area contributed by atoms with Crippen LogP contribution in [0.4, 0.5) is 0 Å². The molecule has 0 fully saturated rings. The predicted octanol–water partition coefficient (Wildman–Crippen LogP) is 7.14. The highest BCUT2D eigenvalue weighted by Gasteiger charge is 2.27. The molecule has 0 bridgehead atoms. The standard InChI is InChI=1S/C31H30O6/c1-20(2)16-17-25-26(36-30(33)23-12-8-6-9-13-23)18-27(37-31(34)24-14-10-7-11-15-24)28(22(5)32)29(25)35-19-21(3)4/h6-16,18-19H,17H2,1-5H3. The van der Waals surface area contributed by atoms with E-state index in [2.05, 4.69) is 0 Å². The first-order chi connectivity index (χ1) is 17.7. The van der Waals surface area contributed by atoms with Gasteiger partial charge in [-0.3, -0.25) is 4.79 Å². The minimum absolute atomic E-state index is 0.0599. The molecule has 0 spiro atoms. The van der Waals surface area contributed by atoms with Crippen molar-refractivity contribution in [2.75, 3.05) is 0 Å². The van der Waals surface area contributed by atoms with Gasteiger partial charge >= 0.3 is 11.9 Å². The van der Waals surface area contributed by atoms with Crippen molar-refractivity contribution >= 4 is 17.7 Å². The quantitative estimate of drug-likeness (QED) is 0.103. The molecule has 6 nitrogen and oxygen atoms in total. The van der Waals surface area contributed by atoms with E-state index in [9.17, 15) is 14.4 Å². The number of hydrogen-bond donors (Lipinski definition) is 0. The Hall–Kier alpha value is -4.45. The molecule has 3 rings (SSSR count). The van der Waals surface area contributed by atoms with Crippen LogP contribution in [0.15, 0.2) is 90.2 Å². The summed E-state index contributed by atoms with van der Waals surface area (Å²) in [6.45, 7) is 8.94. The van der Waals surface area contributed by atoms with Crippen molar-refractivity contribution in [2.45, 2.75) is 41.0 Å². The molecule has 6 heteroatoms. The van der Waals surface area contributed by atoms with Crippen LogP contribution in [0.2, 0.25) is 0 Å². The van der Waals surface area contributed by atoms with Crippen LogP contribution in [-0.2, 0) is 6.42 Å². The molecule has 3 aromatic carbocycles. The summed E-state index contributed by atoms with van der Waals surface area (Å²) in [6, 6.07) is 18.4. The first kappa shape index (κ1) is 27.1. The molecule has 190 valence electrons. The number of esters is 2. The van der Waals surface area contributed by atoms with Crippen LogP contribution in [0.1, 0.15) is 71.3 Å². The molecule has 0 aliphatic carbocycles. The van der Waals surface area contributed by atoms with E-state index in [1.54, 1.807) is 60.7 Å². The molecule has 0 N–H and O–H groups in total. The Kier molecular flexibility index (Phi) is 9.16. The molecule has 0 unspecified atom stereocenters. The fourth-order valence-electron chi connectivity index (χ4n) is 3.43. The summed E-state index contributed by atoms with van der Waals surface area (Å²) in [4.78, 5) is 38.8. The summed E-state index contributed by atoms with van der Waals surface area (Å²) in [6.07, 6.45) is 3.75. The van der Waals surface area contributed by atoms with Gasteiger partial charge in [-0.05, 0) is 70.9 Å². The van der Waals surface area contributed by atoms with Crippen LogP contribution in [-0.4, -0.2) is 17.7 Å². The van der Waals surface area contributed by atoms with Gasteiger partial charge in [0.2, 0.25) is 0 Å². The van der Waals surface area contributed by atoms with Crippen LogP contribution >= 0.6 is 0 Å². The molecule has 0 aromatic heterocycles. The number of Topliss-reactive ketones (excluding diaryl/α,β-unsaturated/α-hetero) is 1. The number of allylic oxidation sites excluding steroid dienone is 3. The third kappa shape index (κ3) is 7.27. The maximum Gasteiger partial charge on any atom is 0.343 e. The zero-order chi connectivity index (χ0) is 26.9. The van der Waals surface area contributed by atoms with E-state index in [-0.39, 0.29) is 28.6 Å². The smallest absolute Gasteiger partial charge is 0.343 e. The fraction of sp³-hybridized carbons (Fsp3) is 0.194. The van der Waals surface area contributed by atoms with Gasteiger partial charge in [-0.1, -0.05) is 48.0 Å². The summed E-state index contributed by atoms with van der Waals surface area (Å²) >= 11 is 0. The van der Waals surface area contributed by atoms with Crippen molar-refractivity contribution in [2.24, 2.45) is 0 Å². The Morgan fingerprint density at radius 2 is 1.22 bits per heavy atom. The van der Waals surface area contributed by atoms with Crippen molar-refractivity contribution in [1.29, 1.82) is 0 Å². The summed E-state index contributed by atoms with van der Waals surface area (Å²) in [5.74, 6) is -1.38. The third-order valence-corrected chi connectivity index (χ3v) is 5.21. The Bertz CT molecular complexity index is 1340. The van der Waals surface area contributed by atoms with Gasteiger partial charge < -0.3 is 14.2 Å². The minimum atomic E-state index is -0.659. The normalized spacial score (nSPS) is 10.2. The van der Waals surface area contributed by atoms with Crippen LogP contribution < -0.4 is 14.2 Å². The van der Waals surface area contributed by atoms with Crippen molar-refractivity contribution in [3.63, 3.8) is 0 Å². The Labute approximate surface area is 217 Å². The van der Waals surface area contributed by atoms with Gasteiger partial charge in [0.25, 0.3) is 0 Å². The summed E-state index contributed by atoms with van der Waals surface area (Å²) < 4.78 is 17.5. The molecule has 0 heterocycles. The number of ether oxygens (including phenoxy) is 3. The van der Waals surface area contributed by atoms with Crippen molar-refractivity contribution in [1.82, 2.24) is 0 Å². The largest absolute Gasteiger partial charge is 0.464 e. The molecule has 0 saturated heterocycles. The number of benzene rings is 3. The monoisotopic (exact) mass is 498 g/mol. The Morgan fingerprint density at radius 3 is 1.68 bits per heavy atom. The van der Waals surface area contributed by atoms with E-state index in [4.69, 9.17) is 14.2 Å². The van der Waals surface area contributed by atoms with Gasteiger partial charge in [0.1, 0.15) is 22.8 Å². The topological polar surface area (TPSA) is 78.9 Å². The molecule has 0 saturated carbocycles. The van der Waals surface area contributed by atoms with E-state index in [0.717, 1.165) is 11.1 Å². The molecular formula is C31H30O6. The lowest BCUT2D eigenvalue weighted by atomic mass is 9.99. The molecule has 0 amide bonds. The lowest BCUT2D eigenvalue weighted by Crippen LogP contribution is -2.15. The number of hydrogen-bond acceptors (Lipinski definition) is 6. The van der Waals surface area contributed by atoms with Crippen LogP contribution in [0.3, 0.4) is 0 Å². The predicted molar refractivity (Wildman–Crippen MR) is 142 cm³/mol. The first-order valence-electron chi connectivity index (χ1n) is 11.9. The molecule has 0 radical (unpaired) electrons. The Morgan fingerprint density at radius 1 is 0.703 bits per heavy atom. The SMILES string of the molecule is CC(=O)c1c(OC(=O)c2ccccc2)cc(OC(=O)c2ccccc2)c(CC=C(C)C)c1OC=C(C)C. The second-order valence-electron chi connectivity index (χ2n) is 8.92. The summed E-state index contributed by atoms with van der Waals surface area (Å²) in [7, 11) is 0. The van der Waals surface area contributed by atoms with Gasteiger partial charge in [0.05, 0.1) is 17.4 Å². The van der Waals surface area contributed by atoms with Gasteiger partial charge in [-0.15, -0.1) is 0 Å². The van der Waals surface area contributed by atoms with Gasteiger partial charge in [-0.2, -0.15) is 0 Å². The van der Waals surface area contributed by atoms with Gasteiger partial charge in [0, 0.05) is 11.6 Å². The maximum absolute atomic E-state index is 13.0. The highest BCUT2D eigenvalue weighted by atomic mass is 16.5. The number of ketones is 1. The zero-order valence-corrected chi connectivity index (χ0v) is 21.7. The molecule has 3 aromatic rings. The average Bonchev–Trinajstić information content (AvgIpc) is 2.87. The van der Waals surface area contributed by atoms with Gasteiger partial charge in [0.15, 0.2) is 5.78 Å². The number of carbonyl (C=O) groups excluding carboxylic acids is 3. The molecular weight excluding hydrogens is 468 g/mol. The summed E-state index contributed by atoms with van der Waals surface area (Å²) in [5.41, 5.74) is 3.09. The van der Waals surface area contributed by atoms with Crippen LogP contribution in [0, 0.1) is 0 Å². The molecule has 0 atom stereocenters. The maximum atomic E-state index is 13.0. The molecule has 0 aliphatic rings. The summed E-state index contributed by atoms with van der Waals surface area (Å²) in [5, 5.41) is 0. The second-order valence-corrected chi connectivity index (χ2v) is 8.92. The van der Waals surface area contributed by atoms with Crippen molar-refractivity contribution in [3.8, 4) is 17.2 Å². The lowest BCUT2D eigenvalue weighted by Gasteiger charge is -2.19. The van der Waals surface area contributed by atoms with E-state index < -0.39 is 11.9 Å². The van der Waals surface area contributed by atoms with Crippen molar-refractivity contribution < 1.29 is 28.6 Å². The Balaban J connectivity index is 2.23.